The van der Waals surface area contributed by atoms with Crippen molar-refractivity contribution in [2.24, 2.45) is 0 Å². The second-order valence-electron chi connectivity index (χ2n) is 4.58. The molecule has 0 amide bonds. The van der Waals surface area contributed by atoms with E-state index >= 15 is 0 Å². The van der Waals surface area contributed by atoms with Crippen LogP contribution in [-0.4, -0.2) is 61.4 Å². The number of nitrogens with zero attached hydrogens (tertiary/aromatic N) is 1. The molecular formula is C12H14FNO6S. The van der Waals surface area contributed by atoms with E-state index in [2.05, 4.69) is 0 Å². The number of sulfonamides is 1. The highest BCUT2D eigenvalue weighted by Crippen LogP contribution is 2.30. The minimum atomic E-state index is -4.16. The fourth-order valence-electron chi connectivity index (χ4n) is 2.06. The maximum Gasteiger partial charge on any atom is 0.335 e. The average molecular weight is 319 g/mol. The highest BCUT2D eigenvalue weighted by Gasteiger charge is 2.40. The summed E-state index contributed by atoms with van der Waals surface area (Å²) in [6, 6.07) is 3.38. The Balaban J connectivity index is 2.48. The molecule has 9 heteroatoms. The van der Waals surface area contributed by atoms with Crippen LogP contribution in [0.4, 0.5) is 4.39 Å². The first-order chi connectivity index (χ1) is 9.77. The van der Waals surface area contributed by atoms with Gasteiger partial charge in [0.1, 0.15) is 22.9 Å². The summed E-state index contributed by atoms with van der Waals surface area (Å²) in [5.41, 5.74) is -0.231. The molecule has 1 aromatic rings. The van der Waals surface area contributed by atoms with Crippen molar-refractivity contribution in [2.45, 2.75) is 17.2 Å². The van der Waals surface area contributed by atoms with Gasteiger partial charge in [-0.05, 0) is 18.2 Å². The zero-order valence-corrected chi connectivity index (χ0v) is 11.9. The average Bonchev–Trinajstić information content (AvgIpc) is 2.78. The number of halogens is 1. The number of hydrogen-bond donors (Lipinski definition) is 2. The summed E-state index contributed by atoms with van der Waals surface area (Å²) in [5, 5.41) is 18.3. The van der Waals surface area contributed by atoms with Gasteiger partial charge in [-0.15, -0.1) is 0 Å². The first kappa shape index (κ1) is 15.7. The summed E-state index contributed by atoms with van der Waals surface area (Å²) in [5.74, 6) is -1.34. The molecule has 21 heavy (non-hydrogen) atoms. The van der Waals surface area contributed by atoms with Crippen molar-refractivity contribution in [1.82, 2.24) is 4.31 Å². The van der Waals surface area contributed by atoms with E-state index in [0.29, 0.717) is 0 Å². The Kier molecular flexibility index (Phi) is 4.17. The number of aliphatic hydroxyl groups is 1. The van der Waals surface area contributed by atoms with Gasteiger partial charge in [-0.25, -0.2) is 17.6 Å². The summed E-state index contributed by atoms with van der Waals surface area (Å²) in [4.78, 5) is 10.6. The van der Waals surface area contributed by atoms with Crippen LogP contribution in [0.25, 0.3) is 0 Å². The van der Waals surface area contributed by atoms with Crippen LogP contribution in [0.3, 0.4) is 0 Å². The lowest BCUT2D eigenvalue weighted by atomic mass is 10.2. The van der Waals surface area contributed by atoms with Crippen LogP contribution in [0, 0.1) is 0 Å². The van der Waals surface area contributed by atoms with E-state index in [0.717, 1.165) is 10.4 Å². The fourth-order valence-corrected chi connectivity index (χ4v) is 3.71. The van der Waals surface area contributed by atoms with Crippen molar-refractivity contribution in [1.29, 1.82) is 0 Å². The largest absolute Gasteiger partial charge is 0.495 e. The first-order valence-corrected chi connectivity index (χ1v) is 7.45. The number of carboxylic acids is 1. The van der Waals surface area contributed by atoms with Gasteiger partial charge >= 0.3 is 5.97 Å². The van der Waals surface area contributed by atoms with Crippen LogP contribution in [0.2, 0.25) is 0 Å². The summed E-state index contributed by atoms with van der Waals surface area (Å²) in [6.07, 6.45) is -3.07. The van der Waals surface area contributed by atoms with Gasteiger partial charge in [-0.1, -0.05) is 0 Å². The third-order valence-electron chi connectivity index (χ3n) is 3.21. The van der Waals surface area contributed by atoms with Gasteiger partial charge in [0.25, 0.3) is 0 Å². The first-order valence-electron chi connectivity index (χ1n) is 6.01. The number of hydrogen-bond acceptors (Lipinski definition) is 5. The molecule has 0 aliphatic carbocycles. The van der Waals surface area contributed by atoms with E-state index in [1.807, 2.05) is 0 Å². The number of benzene rings is 1. The summed E-state index contributed by atoms with van der Waals surface area (Å²) < 4.78 is 43.9. The number of rotatable bonds is 4. The van der Waals surface area contributed by atoms with Crippen molar-refractivity contribution in [3.05, 3.63) is 23.8 Å². The van der Waals surface area contributed by atoms with Gasteiger partial charge in [0.2, 0.25) is 10.0 Å². The fraction of sp³-hybridized carbons (Fsp3) is 0.417. The summed E-state index contributed by atoms with van der Waals surface area (Å²) in [7, 11) is -2.92. The molecule has 0 aromatic heterocycles. The number of ether oxygens (including phenoxy) is 1. The summed E-state index contributed by atoms with van der Waals surface area (Å²) >= 11 is 0. The zero-order valence-electron chi connectivity index (χ0n) is 11.1. The molecule has 0 bridgehead atoms. The SMILES string of the molecule is COc1ccc(C(=O)O)cc1S(=O)(=O)N1C[C@@H](O)[C@H](F)C1. The van der Waals surface area contributed by atoms with Gasteiger partial charge in [-0.3, -0.25) is 0 Å². The third kappa shape index (κ3) is 2.85. The van der Waals surface area contributed by atoms with Gasteiger partial charge in [0.05, 0.1) is 12.7 Å². The highest BCUT2D eigenvalue weighted by atomic mass is 32.2. The molecule has 1 aliphatic rings. The molecule has 0 unspecified atom stereocenters. The minimum Gasteiger partial charge on any atom is -0.495 e. The van der Waals surface area contributed by atoms with E-state index in [1.54, 1.807) is 0 Å². The summed E-state index contributed by atoms with van der Waals surface area (Å²) in [6.45, 7) is -0.867. The smallest absolute Gasteiger partial charge is 0.335 e. The van der Waals surface area contributed by atoms with Crippen molar-refractivity contribution >= 4 is 16.0 Å². The molecular weight excluding hydrogens is 305 g/mol. The number of carbonyl (C=O) groups is 1. The normalized spacial score (nSPS) is 23.2. The number of β-amino-alcohol motifs (C(OH)–C–C–N with tert-alkyl or cyclic N) is 1. The number of aliphatic hydroxyl groups excluding tert-OH is 1. The van der Waals surface area contributed by atoms with Crippen LogP contribution < -0.4 is 4.74 Å². The maximum absolute atomic E-state index is 13.3. The Hall–Kier alpha value is -1.71. The molecule has 7 nitrogen and oxygen atoms in total. The Morgan fingerprint density at radius 2 is 2.10 bits per heavy atom. The molecule has 1 heterocycles. The predicted octanol–water partition coefficient (Wildman–Crippen LogP) is 0.0967. The van der Waals surface area contributed by atoms with E-state index in [4.69, 9.17) is 9.84 Å². The predicted molar refractivity (Wildman–Crippen MR) is 69.6 cm³/mol. The lowest BCUT2D eigenvalue weighted by Crippen LogP contribution is -2.30. The van der Waals surface area contributed by atoms with Crippen molar-refractivity contribution in [3.63, 3.8) is 0 Å². The van der Waals surface area contributed by atoms with Crippen molar-refractivity contribution in [3.8, 4) is 5.75 Å². The molecule has 2 N–H and O–H groups in total. The molecule has 0 spiro atoms. The maximum atomic E-state index is 13.3. The Bertz CT molecular complexity index is 652. The minimum absolute atomic E-state index is 0.0446. The van der Waals surface area contributed by atoms with Crippen LogP contribution in [-0.2, 0) is 10.0 Å². The van der Waals surface area contributed by atoms with Crippen molar-refractivity contribution in [2.75, 3.05) is 20.2 Å². The Labute approximate surface area is 120 Å². The molecule has 1 fully saturated rings. The molecule has 1 saturated heterocycles. The van der Waals surface area contributed by atoms with E-state index in [1.165, 1.54) is 19.2 Å². The van der Waals surface area contributed by atoms with Crippen LogP contribution in [0.5, 0.6) is 5.75 Å². The molecule has 116 valence electrons. The number of methoxy groups -OCH3 is 1. The van der Waals surface area contributed by atoms with Gasteiger partial charge in [0.15, 0.2) is 0 Å². The van der Waals surface area contributed by atoms with E-state index in [-0.39, 0.29) is 22.8 Å². The van der Waals surface area contributed by atoms with Crippen molar-refractivity contribution < 1.29 is 32.6 Å². The second-order valence-corrected chi connectivity index (χ2v) is 6.48. The van der Waals surface area contributed by atoms with E-state index < -0.39 is 34.8 Å². The standard InChI is InChI=1S/C12H14FNO6S/c1-20-10-3-2-7(12(16)17)4-11(10)21(18,19)14-5-8(13)9(15)6-14/h2-4,8-9,15H,5-6H2,1H3,(H,16,17)/t8-,9-/m1/s1. The Morgan fingerprint density at radius 1 is 1.43 bits per heavy atom. The van der Waals surface area contributed by atoms with E-state index in [9.17, 15) is 22.7 Å². The lowest BCUT2D eigenvalue weighted by molar-refractivity contribution is 0.0696. The third-order valence-corrected chi connectivity index (χ3v) is 5.07. The van der Waals surface area contributed by atoms with Crippen LogP contribution in [0.1, 0.15) is 10.4 Å². The highest BCUT2D eigenvalue weighted by molar-refractivity contribution is 7.89. The molecule has 0 saturated carbocycles. The number of aromatic carboxylic acids is 1. The van der Waals surface area contributed by atoms with Gasteiger partial charge < -0.3 is 14.9 Å². The monoisotopic (exact) mass is 319 g/mol. The molecule has 0 radical (unpaired) electrons. The van der Waals surface area contributed by atoms with Gasteiger partial charge in [-0.2, -0.15) is 4.31 Å². The topological polar surface area (TPSA) is 104 Å². The Morgan fingerprint density at radius 3 is 2.57 bits per heavy atom. The second kappa shape index (κ2) is 5.58. The molecule has 1 aliphatic heterocycles. The quantitative estimate of drug-likeness (QED) is 0.815. The number of carboxylic acid groups (broad SMARTS) is 1. The molecule has 2 rings (SSSR count). The van der Waals surface area contributed by atoms with Crippen LogP contribution in [0.15, 0.2) is 23.1 Å². The zero-order chi connectivity index (χ0) is 15.8. The lowest BCUT2D eigenvalue weighted by Gasteiger charge is -2.17. The molecule has 1 aromatic carbocycles. The number of alkyl halides is 1. The molecule has 2 atom stereocenters. The van der Waals surface area contributed by atoms with Gasteiger partial charge in [0, 0.05) is 13.1 Å². The van der Waals surface area contributed by atoms with Crippen LogP contribution >= 0.6 is 0 Å².